The fourth-order valence-corrected chi connectivity index (χ4v) is 2.68. The lowest BCUT2D eigenvalue weighted by atomic mass is 10.0. The normalized spacial score (nSPS) is 10.4. The highest BCUT2D eigenvalue weighted by Crippen LogP contribution is 2.21. The molecule has 0 unspecified atom stereocenters. The fourth-order valence-electron chi connectivity index (χ4n) is 2.68. The summed E-state index contributed by atoms with van der Waals surface area (Å²) in [6, 6.07) is 11.1. The Morgan fingerprint density at radius 2 is 1.76 bits per heavy atom. The number of aryl methyl sites for hydroxylation is 3. The van der Waals surface area contributed by atoms with Crippen molar-refractivity contribution in [2.24, 2.45) is 0 Å². The number of nitrogens with one attached hydrogen (secondary N) is 1. The minimum atomic E-state index is -0.993. The van der Waals surface area contributed by atoms with Crippen LogP contribution in [-0.2, 0) is 11.2 Å². The van der Waals surface area contributed by atoms with Crippen LogP contribution in [0, 0.1) is 13.8 Å². The van der Waals surface area contributed by atoms with E-state index in [1.165, 1.54) is 6.07 Å². The molecule has 25 heavy (non-hydrogen) atoms. The van der Waals surface area contributed by atoms with Crippen LogP contribution in [0.3, 0.4) is 0 Å². The number of hydrogen-bond donors (Lipinski definition) is 2. The van der Waals surface area contributed by atoms with Crippen molar-refractivity contribution in [2.45, 2.75) is 33.1 Å². The molecule has 2 rings (SSSR count). The first-order chi connectivity index (χ1) is 11.9. The van der Waals surface area contributed by atoms with Crippen LogP contribution in [0.15, 0.2) is 36.4 Å². The van der Waals surface area contributed by atoms with Crippen molar-refractivity contribution < 1.29 is 19.4 Å². The third-order valence-electron chi connectivity index (χ3n) is 4.10. The zero-order valence-corrected chi connectivity index (χ0v) is 14.8. The Bertz CT molecular complexity index is 766. The molecule has 1 amide bonds. The molecule has 0 aromatic heterocycles. The van der Waals surface area contributed by atoms with Gasteiger partial charge in [-0.1, -0.05) is 18.2 Å². The Balaban J connectivity index is 1.91. The Kier molecular flexibility index (Phi) is 6.17. The van der Waals surface area contributed by atoms with Gasteiger partial charge >= 0.3 is 5.97 Å². The van der Waals surface area contributed by atoms with Crippen LogP contribution in [-0.4, -0.2) is 24.1 Å². The van der Waals surface area contributed by atoms with Crippen molar-refractivity contribution in [3.63, 3.8) is 0 Å². The minimum absolute atomic E-state index is 0.114. The van der Waals surface area contributed by atoms with E-state index < -0.39 is 5.97 Å². The molecule has 0 atom stereocenters. The SMILES string of the molecule is COc1ccc(CCCC(=O)Nc2cc(C(=O)O)c(C)cc2C)cc1. The van der Waals surface area contributed by atoms with E-state index in [2.05, 4.69) is 5.32 Å². The number of methoxy groups -OCH3 is 1. The summed E-state index contributed by atoms with van der Waals surface area (Å²) in [6.45, 7) is 3.60. The van der Waals surface area contributed by atoms with Crippen LogP contribution < -0.4 is 10.1 Å². The molecule has 0 heterocycles. The van der Waals surface area contributed by atoms with Gasteiger partial charge in [-0.05, 0) is 61.6 Å². The smallest absolute Gasteiger partial charge is 0.336 e. The van der Waals surface area contributed by atoms with Gasteiger partial charge in [0.25, 0.3) is 0 Å². The molecular formula is C20H23NO4. The molecule has 2 N–H and O–H groups in total. The number of benzene rings is 2. The second-order valence-electron chi connectivity index (χ2n) is 6.04. The topological polar surface area (TPSA) is 75.6 Å². The number of carbonyl (C=O) groups excluding carboxylic acids is 1. The number of ether oxygens (including phenoxy) is 1. The lowest BCUT2D eigenvalue weighted by molar-refractivity contribution is -0.116. The molecule has 0 saturated carbocycles. The fraction of sp³-hybridized carbons (Fsp3) is 0.300. The van der Waals surface area contributed by atoms with E-state index >= 15 is 0 Å². The first kappa shape index (κ1) is 18.5. The Hall–Kier alpha value is -2.82. The summed E-state index contributed by atoms with van der Waals surface area (Å²) in [5, 5.41) is 12.0. The number of carboxylic acids is 1. The maximum atomic E-state index is 12.1. The number of hydrogen-bond acceptors (Lipinski definition) is 3. The van der Waals surface area contributed by atoms with Crippen LogP contribution in [0.5, 0.6) is 5.75 Å². The van der Waals surface area contributed by atoms with E-state index in [0.29, 0.717) is 17.7 Å². The molecule has 0 aliphatic heterocycles. The molecule has 0 bridgehead atoms. The molecule has 0 fully saturated rings. The second kappa shape index (κ2) is 8.33. The van der Waals surface area contributed by atoms with E-state index in [-0.39, 0.29) is 11.5 Å². The van der Waals surface area contributed by atoms with Crippen molar-refractivity contribution >= 4 is 17.6 Å². The number of amides is 1. The van der Waals surface area contributed by atoms with Crippen molar-refractivity contribution in [3.8, 4) is 5.75 Å². The third kappa shape index (κ3) is 5.08. The number of carboxylic acid groups (broad SMARTS) is 1. The molecule has 0 aliphatic rings. The first-order valence-corrected chi connectivity index (χ1v) is 8.18. The quantitative estimate of drug-likeness (QED) is 0.799. The van der Waals surface area contributed by atoms with Gasteiger partial charge in [-0.25, -0.2) is 4.79 Å². The van der Waals surface area contributed by atoms with Crippen LogP contribution in [0.2, 0.25) is 0 Å². The molecule has 132 valence electrons. The van der Waals surface area contributed by atoms with Gasteiger partial charge < -0.3 is 15.2 Å². The summed E-state index contributed by atoms with van der Waals surface area (Å²) >= 11 is 0. The van der Waals surface area contributed by atoms with Gasteiger partial charge in [0.15, 0.2) is 0 Å². The molecule has 0 saturated heterocycles. The van der Waals surface area contributed by atoms with Gasteiger partial charge in [-0.15, -0.1) is 0 Å². The number of anilines is 1. The lowest BCUT2D eigenvalue weighted by Crippen LogP contribution is -2.13. The summed E-state index contributed by atoms with van der Waals surface area (Å²) in [6.07, 6.45) is 1.89. The minimum Gasteiger partial charge on any atom is -0.497 e. The van der Waals surface area contributed by atoms with E-state index in [0.717, 1.165) is 29.7 Å². The Morgan fingerprint density at radius 1 is 1.08 bits per heavy atom. The largest absolute Gasteiger partial charge is 0.497 e. The van der Waals surface area contributed by atoms with E-state index in [1.807, 2.05) is 31.2 Å². The molecule has 0 spiro atoms. The molecule has 5 heteroatoms. The van der Waals surface area contributed by atoms with Gasteiger partial charge in [-0.2, -0.15) is 0 Å². The van der Waals surface area contributed by atoms with Crippen LogP contribution in [0.4, 0.5) is 5.69 Å². The summed E-state index contributed by atoms with van der Waals surface area (Å²) in [5.74, 6) is -0.296. The summed E-state index contributed by atoms with van der Waals surface area (Å²) in [4.78, 5) is 23.4. The van der Waals surface area contributed by atoms with Crippen molar-refractivity contribution in [1.82, 2.24) is 0 Å². The van der Waals surface area contributed by atoms with Gasteiger partial charge in [-0.3, -0.25) is 4.79 Å². The predicted octanol–water partition coefficient (Wildman–Crippen LogP) is 3.97. The third-order valence-corrected chi connectivity index (χ3v) is 4.10. The number of aromatic carboxylic acids is 1. The summed E-state index contributed by atoms with van der Waals surface area (Å²) in [7, 11) is 1.63. The number of rotatable bonds is 7. The summed E-state index contributed by atoms with van der Waals surface area (Å²) < 4.78 is 5.12. The highest BCUT2D eigenvalue weighted by Gasteiger charge is 2.12. The van der Waals surface area contributed by atoms with E-state index in [1.54, 1.807) is 20.1 Å². The van der Waals surface area contributed by atoms with E-state index in [9.17, 15) is 14.7 Å². The molecule has 2 aromatic carbocycles. The monoisotopic (exact) mass is 341 g/mol. The maximum Gasteiger partial charge on any atom is 0.336 e. The van der Waals surface area contributed by atoms with E-state index in [4.69, 9.17) is 4.74 Å². The van der Waals surface area contributed by atoms with Crippen LogP contribution in [0.1, 0.15) is 39.9 Å². The molecule has 0 aliphatic carbocycles. The lowest BCUT2D eigenvalue weighted by Gasteiger charge is -2.11. The van der Waals surface area contributed by atoms with Crippen molar-refractivity contribution in [3.05, 3.63) is 58.7 Å². The Labute approximate surface area is 147 Å². The zero-order chi connectivity index (χ0) is 18.4. The van der Waals surface area contributed by atoms with Crippen molar-refractivity contribution in [1.29, 1.82) is 0 Å². The van der Waals surface area contributed by atoms with Gasteiger partial charge in [0.1, 0.15) is 5.75 Å². The van der Waals surface area contributed by atoms with Crippen LogP contribution >= 0.6 is 0 Å². The van der Waals surface area contributed by atoms with Crippen LogP contribution in [0.25, 0.3) is 0 Å². The molecule has 2 aromatic rings. The first-order valence-electron chi connectivity index (χ1n) is 8.18. The van der Waals surface area contributed by atoms with Gasteiger partial charge in [0.2, 0.25) is 5.91 Å². The standard InChI is InChI=1S/C20H23NO4/c1-13-11-14(2)18(12-17(13)20(23)24)21-19(22)6-4-5-15-7-9-16(25-3)10-8-15/h7-12H,4-6H2,1-3H3,(H,21,22)(H,23,24). The van der Waals surface area contributed by atoms with Crippen molar-refractivity contribution in [2.75, 3.05) is 12.4 Å². The summed E-state index contributed by atoms with van der Waals surface area (Å²) in [5.41, 5.74) is 3.44. The second-order valence-corrected chi connectivity index (χ2v) is 6.04. The molecule has 5 nitrogen and oxygen atoms in total. The molecule has 0 radical (unpaired) electrons. The highest BCUT2D eigenvalue weighted by molar-refractivity contribution is 5.95. The average molecular weight is 341 g/mol. The maximum absolute atomic E-state index is 12.1. The average Bonchev–Trinajstić information content (AvgIpc) is 2.57. The van der Waals surface area contributed by atoms with Gasteiger partial charge in [0, 0.05) is 12.1 Å². The zero-order valence-electron chi connectivity index (χ0n) is 14.8. The number of carbonyl (C=O) groups is 2. The predicted molar refractivity (Wildman–Crippen MR) is 97.4 cm³/mol. The van der Waals surface area contributed by atoms with Gasteiger partial charge in [0.05, 0.1) is 12.7 Å². The molecular weight excluding hydrogens is 318 g/mol. The Morgan fingerprint density at radius 3 is 2.36 bits per heavy atom. The highest BCUT2D eigenvalue weighted by atomic mass is 16.5.